The minimum atomic E-state index is 1.11. The molecular weight excluding hydrogens is 290 g/mol. The summed E-state index contributed by atoms with van der Waals surface area (Å²) < 4.78 is 0. The van der Waals surface area contributed by atoms with Gasteiger partial charge in [0.15, 0.2) is 0 Å². The van der Waals surface area contributed by atoms with Crippen molar-refractivity contribution in [3.05, 3.63) is 29.8 Å². The summed E-state index contributed by atoms with van der Waals surface area (Å²) in [4.78, 5) is 0. The molecule has 0 aliphatic carbocycles. The highest BCUT2D eigenvalue weighted by Gasteiger charge is 1.95. The van der Waals surface area contributed by atoms with Crippen LogP contribution in [-0.2, 0) is 0 Å². The molecule has 0 unspecified atom stereocenters. The SMILES string of the molecule is CCCCCCCCCCCCCCCCNc1ccc(C)cc1. The summed E-state index contributed by atoms with van der Waals surface area (Å²) in [6, 6.07) is 8.71. The van der Waals surface area contributed by atoms with Gasteiger partial charge in [-0.1, -0.05) is 108 Å². The number of anilines is 1. The number of benzene rings is 1. The summed E-state index contributed by atoms with van der Waals surface area (Å²) in [7, 11) is 0. The lowest BCUT2D eigenvalue weighted by Crippen LogP contribution is -2.01. The highest BCUT2D eigenvalue weighted by molar-refractivity contribution is 5.44. The van der Waals surface area contributed by atoms with Gasteiger partial charge < -0.3 is 5.32 Å². The molecule has 1 heteroatoms. The van der Waals surface area contributed by atoms with Gasteiger partial charge in [-0.2, -0.15) is 0 Å². The van der Waals surface area contributed by atoms with Crippen molar-refractivity contribution in [1.29, 1.82) is 0 Å². The van der Waals surface area contributed by atoms with Crippen LogP contribution in [0.15, 0.2) is 24.3 Å². The summed E-state index contributed by atoms with van der Waals surface area (Å²) in [6.07, 6.45) is 20.0. The van der Waals surface area contributed by atoms with E-state index in [9.17, 15) is 0 Å². The number of hydrogen-bond acceptors (Lipinski definition) is 1. The van der Waals surface area contributed by atoms with Crippen molar-refractivity contribution < 1.29 is 0 Å². The van der Waals surface area contributed by atoms with Crippen molar-refractivity contribution >= 4 is 5.69 Å². The van der Waals surface area contributed by atoms with Crippen LogP contribution in [0.1, 0.15) is 102 Å². The minimum Gasteiger partial charge on any atom is -0.385 e. The monoisotopic (exact) mass is 331 g/mol. The maximum atomic E-state index is 3.52. The Morgan fingerprint density at radius 1 is 0.583 bits per heavy atom. The predicted octanol–water partition coefficient (Wildman–Crippen LogP) is 7.89. The van der Waals surface area contributed by atoms with Gasteiger partial charge >= 0.3 is 0 Å². The maximum absolute atomic E-state index is 3.52. The van der Waals surface area contributed by atoms with Crippen LogP contribution in [0.25, 0.3) is 0 Å². The van der Waals surface area contributed by atoms with E-state index in [-0.39, 0.29) is 0 Å². The Kier molecular flexibility index (Phi) is 13.6. The number of nitrogens with one attached hydrogen (secondary N) is 1. The molecule has 0 radical (unpaired) electrons. The predicted molar refractivity (Wildman–Crippen MR) is 110 cm³/mol. The van der Waals surface area contributed by atoms with Crippen LogP contribution in [0.2, 0.25) is 0 Å². The first-order valence-electron chi connectivity index (χ1n) is 10.6. The van der Waals surface area contributed by atoms with E-state index in [0.717, 1.165) is 6.54 Å². The van der Waals surface area contributed by atoms with Crippen LogP contribution < -0.4 is 5.32 Å². The number of hydrogen-bond donors (Lipinski definition) is 1. The standard InChI is InChI=1S/C23H41N/c1-3-4-5-6-7-8-9-10-11-12-13-14-15-16-21-24-23-19-17-22(2)18-20-23/h17-20,24H,3-16,21H2,1-2H3. The molecule has 0 aromatic heterocycles. The van der Waals surface area contributed by atoms with E-state index in [1.165, 1.54) is 101 Å². The molecular formula is C23H41N. The summed E-state index contributed by atoms with van der Waals surface area (Å²) in [5, 5.41) is 3.52. The fourth-order valence-electron chi connectivity index (χ4n) is 3.22. The average Bonchev–Trinajstić information content (AvgIpc) is 2.60. The van der Waals surface area contributed by atoms with E-state index in [0.29, 0.717) is 0 Å². The molecule has 0 bridgehead atoms. The molecule has 0 saturated carbocycles. The Labute approximate surface area is 151 Å². The van der Waals surface area contributed by atoms with Gasteiger partial charge in [-0.25, -0.2) is 0 Å². The Bertz CT molecular complexity index is 368. The maximum Gasteiger partial charge on any atom is 0.0340 e. The second-order valence-corrected chi connectivity index (χ2v) is 7.39. The molecule has 24 heavy (non-hydrogen) atoms. The lowest BCUT2D eigenvalue weighted by Gasteiger charge is -2.06. The van der Waals surface area contributed by atoms with E-state index < -0.39 is 0 Å². The zero-order valence-corrected chi connectivity index (χ0v) is 16.4. The quantitative estimate of drug-likeness (QED) is 0.304. The second-order valence-electron chi connectivity index (χ2n) is 7.39. The average molecular weight is 332 g/mol. The Balaban J connectivity index is 1.75. The molecule has 1 N–H and O–H groups in total. The van der Waals surface area contributed by atoms with Crippen molar-refractivity contribution in [3.8, 4) is 0 Å². The molecule has 1 rings (SSSR count). The molecule has 0 heterocycles. The van der Waals surface area contributed by atoms with Gasteiger partial charge in [0, 0.05) is 12.2 Å². The fraction of sp³-hybridized carbons (Fsp3) is 0.739. The zero-order valence-electron chi connectivity index (χ0n) is 16.4. The Hall–Kier alpha value is -0.980. The van der Waals surface area contributed by atoms with E-state index in [2.05, 4.69) is 43.4 Å². The van der Waals surface area contributed by atoms with Gasteiger partial charge in [-0.3, -0.25) is 0 Å². The van der Waals surface area contributed by atoms with Gasteiger partial charge in [0.2, 0.25) is 0 Å². The fourth-order valence-corrected chi connectivity index (χ4v) is 3.22. The Morgan fingerprint density at radius 3 is 1.46 bits per heavy atom. The third-order valence-corrected chi connectivity index (χ3v) is 4.91. The van der Waals surface area contributed by atoms with Crippen LogP contribution in [-0.4, -0.2) is 6.54 Å². The van der Waals surface area contributed by atoms with Crippen LogP contribution >= 0.6 is 0 Å². The molecule has 0 amide bonds. The molecule has 0 saturated heterocycles. The molecule has 0 spiro atoms. The summed E-state index contributed by atoms with van der Waals surface area (Å²) >= 11 is 0. The third-order valence-electron chi connectivity index (χ3n) is 4.91. The van der Waals surface area contributed by atoms with Gasteiger partial charge in [0.25, 0.3) is 0 Å². The number of rotatable bonds is 16. The largest absolute Gasteiger partial charge is 0.385 e. The minimum absolute atomic E-state index is 1.11. The van der Waals surface area contributed by atoms with E-state index in [1.807, 2.05) is 0 Å². The van der Waals surface area contributed by atoms with Crippen molar-refractivity contribution in [2.75, 3.05) is 11.9 Å². The van der Waals surface area contributed by atoms with Crippen molar-refractivity contribution in [2.24, 2.45) is 0 Å². The van der Waals surface area contributed by atoms with Gasteiger partial charge in [0.05, 0.1) is 0 Å². The van der Waals surface area contributed by atoms with Gasteiger partial charge in [0.1, 0.15) is 0 Å². The van der Waals surface area contributed by atoms with Crippen molar-refractivity contribution in [3.63, 3.8) is 0 Å². The second kappa shape index (κ2) is 15.5. The van der Waals surface area contributed by atoms with Crippen LogP contribution in [0.5, 0.6) is 0 Å². The summed E-state index contributed by atoms with van der Waals surface area (Å²) in [6.45, 7) is 5.54. The smallest absolute Gasteiger partial charge is 0.0340 e. The molecule has 0 atom stereocenters. The molecule has 1 nitrogen and oxygen atoms in total. The molecule has 0 aliphatic rings. The molecule has 0 aliphatic heterocycles. The molecule has 1 aromatic carbocycles. The lowest BCUT2D eigenvalue weighted by atomic mass is 10.0. The van der Waals surface area contributed by atoms with Gasteiger partial charge in [-0.05, 0) is 25.5 Å². The number of aryl methyl sites for hydroxylation is 1. The Morgan fingerprint density at radius 2 is 1.00 bits per heavy atom. The van der Waals surface area contributed by atoms with E-state index in [1.54, 1.807) is 0 Å². The van der Waals surface area contributed by atoms with Crippen molar-refractivity contribution in [2.45, 2.75) is 104 Å². The van der Waals surface area contributed by atoms with Crippen LogP contribution in [0, 0.1) is 6.92 Å². The molecule has 1 aromatic rings. The highest BCUT2D eigenvalue weighted by atomic mass is 14.9. The topological polar surface area (TPSA) is 12.0 Å². The normalized spacial score (nSPS) is 10.9. The zero-order chi connectivity index (χ0) is 17.3. The molecule has 0 fully saturated rings. The summed E-state index contributed by atoms with van der Waals surface area (Å²) in [5.41, 5.74) is 2.59. The van der Waals surface area contributed by atoms with Crippen LogP contribution in [0.3, 0.4) is 0 Å². The lowest BCUT2D eigenvalue weighted by molar-refractivity contribution is 0.537. The van der Waals surface area contributed by atoms with Crippen molar-refractivity contribution in [1.82, 2.24) is 0 Å². The van der Waals surface area contributed by atoms with Gasteiger partial charge in [-0.15, -0.1) is 0 Å². The van der Waals surface area contributed by atoms with E-state index in [4.69, 9.17) is 0 Å². The van der Waals surface area contributed by atoms with Crippen LogP contribution in [0.4, 0.5) is 5.69 Å². The van der Waals surface area contributed by atoms with E-state index >= 15 is 0 Å². The third kappa shape index (κ3) is 12.4. The first-order valence-corrected chi connectivity index (χ1v) is 10.6. The first kappa shape index (κ1) is 21.1. The number of unbranched alkanes of at least 4 members (excludes halogenated alkanes) is 13. The first-order chi connectivity index (χ1) is 11.8. The molecule has 138 valence electrons. The highest BCUT2D eigenvalue weighted by Crippen LogP contribution is 2.13. The summed E-state index contributed by atoms with van der Waals surface area (Å²) in [5.74, 6) is 0.